The van der Waals surface area contributed by atoms with Crippen molar-refractivity contribution in [3.8, 4) is 0 Å². The molecule has 102 valence electrons. The molecule has 2 aromatic rings. The van der Waals surface area contributed by atoms with Crippen LogP contribution in [0.15, 0.2) is 22.9 Å². The molecule has 0 aliphatic rings. The normalized spacial score (nSPS) is 14.4. The van der Waals surface area contributed by atoms with Gasteiger partial charge in [-0.05, 0) is 35.8 Å². The summed E-state index contributed by atoms with van der Waals surface area (Å²) in [4.78, 5) is 3.77. The van der Waals surface area contributed by atoms with Crippen molar-refractivity contribution in [1.29, 1.82) is 0 Å². The Morgan fingerprint density at radius 2 is 2.16 bits per heavy atom. The fraction of sp³-hybridized carbons (Fsp3) is 0.385. The van der Waals surface area contributed by atoms with E-state index in [0.29, 0.717) is 12.0 Å². The monoisotopic (exact) mass is 327 g/mol. The van der Waals surface area contributed by atoms with Crippen LogP contribution in [-0.2, 0) is 19.1 Å². The first-order valence-corrected chi connectivity index (χ1v) is 6.62. The molecule has 0 saturated carbocycles. The Labute approximate surface area is 119 Å². The smallest absolute Gasteiger partial charge is 0.141 e. The van der Waals surface area contributed by atoms with Crippen molar-refractivity contribution >= 4 is 15.9 Å². The van der Waals surface area contributed by atoms with Gasteiger partial charge >= 0.3 is 0 Å². The van der Waals surface area contributed by atoms with E-state index < -0.39 is 11.4 Å². The molecule has 0 radical (unpaired) electrons. The van der Waals surface area contributed by atoms with Crippen LogP contribution in [0.3, 0.4) is 0 Å². The van der Waals surface area contributed by atoms with Crippen molar-refractivity contribution in [3.05, 3.63) is 45.7 Å². The van der Waals surface area contributed by atoms with Crippen LogP contribution in [0.2, 0.25) is 0 Å². The molecule has 0 fully saturated rings. The van der Waals surface area contributed by atoms with E-state index in [2.05, 4.69) is 26.0 Å². The van der Waals surface area contributed by atoms with Gasteiger partial charge < -0.3 is 5.11 Å². The van der Waals surface area contributed by atoms with Gasteiger partial charge in [0.25, 0.3) is 0 Å². The first kappa shape index (κ1) is 14.1. The average molecular weight is 328 g/mol. The number of hydrogen-bond acceptors (Lipinski definition) is 3. The van der Waals surface area contributed by atoms with E-state index in [1.165, 1.54) is 12.3 Å². The van der Waals surface area contributed by atoms with Crippen molar-refractivity contribution in [2.75, 3.05) is 0 Å². The quantitative estimate of drug-likeness (QED) is 0.942. The number of halogens is 2. The summed E-state index contributed by atoms with van der Waals surface area (Å²) in [6, 6.07) is 1.30. The minimum absolute atomic E-state index is 0.316. The number of hydrogen-bond donors (Lipinski definition) is 1. The van der Waals surface area contributed by atoms with E-state index in [-0.39, 0.29) is 0 Å². The standard InChI is InChI=1S/C13H15BrFN3O/c1-8-12(14)11(18(3)17-8)5-13(2,19)9-4-10(15)7-16-6-9/h4,6-7,19H,5H2,1-3H3. The average Bonchev–Trinajstić information content (AvgIpc) is 2.56. The van der Waals surface area contributed by atoms with Crippen LogP contribution in [0.25, 0.3) is 0 Å². The second-order valence-corrected chi connectivity index (χ2v) is 5.61. The molecule has 0 bridgehead atoms. The lowest BCUT2D eigenvalue weighted by atomic mass is 9.92. The summed E-state index contributed by atoms with van der Waals surface area (Å²) in [5.74, 6) is -0.460. The lowest BCUT2D eigenvalue weighted by Gasteiger charge is -2.23. The Bertz CT molecular complexity index is 610. The van der Waals surface area contributed by atoms with Crippen LogP contribution < -0.4 is 0 Å². The number of pyridine rings is 1. The van der Waals surface area contributed by atoms with E-state index in [9.17, 15) is 9.50 Å². The van der Waals surface area contributed by atoms with Crippen molar-refractivity contribution in [3.63, 3.8) is 0 Å². The first-order valence-electron chi connectivity index (χ1n) is 5.82. The van der Waals surface area contributed by atoms with Gasteiger partial charge in [-0.2, -0.15) is 5.10 Å². The lowest BCUT2D eigenvalue weighted by Crippen LogP contribution is -2.26. The number of rotatable bonds is 3. The molecule has 0 aliphatic carbocycles. The summed E-state index contributed by atoms with van der Waals surface area (Å²) < 4.78 is 15.8. The highest BCUT2D eigenvalue weighted by molar-refractivity contribution is 9.10. The van der Waals surface area contributed by atoms with Crippen LogP contribution in [0.4, 0.5) is 4.39 Å². The summed E-state index contributed by atoms with van der Waals surface area (Å²) in [6.07, 6.45) is 2.90. The molecular formula is C13H15BrFN3O. The zero-order chi connectivity index (χ0) is 14.2. The molecule has 1 N–H and O–H groups in total. The molecule has 0 spiro atoms. The van der Waals surface area contributed by atoms with E-state index in [4.69, 9.17) is 0 Å². The topological polar surface area (TPSA) is 50.9 Å². The van der Waals surface area contributed by atoms with Gasteiger partial charge in [0.2, 0.25) is 0 Å². The molecule has 0 aliphatic heterocycles. The van der Waals surface area contributed by atoms with Gasteiger partial charge in [-0.25, -0.2) is 4.39 Å². The maximum atomic E-state index is 13.2. The second-order valence-electron chi connectivity index (χ2n) is 4.81. The maximum absolute atomic E-state index is 13.2. The molecule has 0 saturated heterocycles. The summed E-state index contributed by atoms with van der Waals surface area (Å²) in [7, 11) is 1.81. The third kappa shape index (κ3) is 2.84. The van der Waals surface area contributed by atoms with Gasteiger partial charge in [-0.15, -0.1) is 0 Å². The largest absolute Gasteiger partial charge is 0.385 e. The molecular weight excluding hydrogens is 313 g/mol. The third-order valence-corrected chi connectivity index (χ3v) is 4.13. The lowest BCUT2D eigenvalue weighted by molar-refractivity contribution is 0.0547. The van der Waals surface area contributed by atoms with Gasteiger partial charge in [0, 0.05) is 25.2 Å². The van der Waals surface area contributed by atoms with Gasteiger partial charge in [-0.3, -0.25) is 9.67 Å². The van der Waals surface area contributed by atoms with E-state index in [0.717, 1.165) is 22.1 Å². The van der Waals surface area contributed by atoms with Crippen LogP contribution in [-0.4, -0.2) is 19.9 Å². The predicted octanol–water partition coefficient (Wildman–Crippen LogP) is 2.48. The highest BCUT2D eigenvalue weighted by atomic mass is 79.9. The van der Waals surface area contributed by atoms with Gasteiger partial charge in [0.05, 0.1) is 27.7 Å². The van der Waals surface area contributed by atoms with Gasteiger partial charge in [-0.1, -0.05) is 0 Å². The van der Waals surface area contributed by atoms with E-state index in [1.807, 2.05) is 14.0 Å². The van der Waals surface area contributed by atoms with Gasteiger partial charge in [0.1, 0.15) is 5.82 Å². The van der Waals surface area contributed by atoms with E-state index in [1.54, 1.807) is 11.6 Å². The van der Waals surface area contributed by atoms with Crippen LogP contribution in [0, 0.1) is 12.7 Å². The van der Waals surface area contributed by atoms with E-state index >= 15 is 0 Å². The Morgan fingerprint density at radius 1 is 1.47 bits per heavy atom. The number of nitrogens with zero attached hydrogens (tertiary/aromatic N) is 3. The third-order valence-electron chi connectivity index (χ3n) is 3.10. The predicted molar refractivity (Wildman–Crippen MR) is 73.1 cm³/mol. The molecule has 0 aromatic carbocycles. The Morgan fingerprint density at radius 3 is 2.68 bits per heavy atom. The molecule has 4 nitrogen and oxygen atoms in total. The second kappa shape index (κ2) is 5.02. The van der Waals surface area contributed by atoms with Gasteiger partial charge in [0.15, 0.2) is 0 Å². The molecule has 2 aromatic heterocycles. The molecule has 6 heteroatoms. The maximum Gasteiger partial charge on any atom is 0.141 e. The van der Waals surface area contributed by atoms with Crippen molar-refractivity contribution in [2.24, 2.45) is 7.05 Å². The summed E-state index contributed by atoms with van der Waals surface area (Å²) in [6.45, 7) is 3.52. The summed E-state index contributed by atoms with van der Waals surface area (Å²) in [5, 5.41) is 14.8. The Hall–Kier alpha value is -1.27. The van der Waals surface area contributed by atoms with Crippen molar-refractivity contribution < 1.29 is 9.50 Å². The number of aliphatic hydroxyl groups is 1. The molecule has 1 atom stereocenters. The first-order chi connectivity index (χ1) is 8.81. The highest BCUT2D eigenvalue weighted by Gasteiger charge is 2.27. The summed E-state index contributed by atoms with van der Waals surface area (Å²) >= 11 is 3.46. The Balaban J connectivity index is 2.36. The fourth-order valence-corrected chi connectivity index (χ4v) is 2.48. The molecule has 0 amide bonds. The van der Waals surface area contributed by atoms with Crippen LogP contribution >= 0.6 is 15.9 Å². The molecule has 2 heterocycles. The van der Waals surface area contributed by atoms with Crippen LogP contribution in [0.1, 0.15) is 23.9 Å². The minimum Gasteiger partial charge on any atom is -0.385 e. The summed E-state index contributed by atoms with van der Waals surface area (Å²) in [5.41, 5.74) is 0.938. The molecule has 19 heavy (non-hydrogen) atoms. The number of aryl methyl sites for hydroxylation is 2. The zero-order valence-corrected chi connectivity index (χ0v) is 12.6. The minimum atomic E-state index is -1.21. The SMILES string of the molecule is Cc1nn(C)c(CC(C)(O)c2cncc(F)c2)c1Br. The van der Waals surface area contributed by atoms with Crippen molar-refractivity contribution in [2.45, 2.75) is 25.9 Å². The molecule has 1 unspecified atom stereocenters. The zero-order valence-electron chi connectivity index (χ0n) is 11.0. The van der Waals surface area contributed by atoms with Crippen LogP contribution in [0.5, 0.6) is 0 Å². The Kier molecular flexibility index (Phi) is 3.73. The highest BCUT2D eigenvalue weighted by Crippen LogP contribution is 2.29. The fourth-order valence-electron chi connectivity index (χ4n) is 2.01. The molecule has 2 rings (SSSR count). The number of aromatic nitrogens is 3. The van der Waals surface area contributed by atoms with Crippen molar-refractivity contribution in [1.82, 2.24) is 14.8 Å².